The van der Waals surface area contributed by atoms with Gasteiger partial charge in [-0.2, -0.15) is 0 Å². The largest absolute Gasteiger partial charge is 0.480 e. The van der Waals surface area contributed by atoms with Crippen LogP contribution in [0.25, 0.3) is 0 Å². The number of carbonyl (C=O) groups excluding carboxylic acids is 2. The second-order valence-electron chi connectivity index (χ2n) is 11.4. The van der Waals surface area contributed by atoms with Crippen LogP contribution in [0.1, 0.15) is 136 Å². The Balaban J connectivity index is 4.04. The lowest BCUT2D eigenvalue weighted by Crippen LogP contribution is -2.28. The maximum Gasteiger partial charge on any atom is 0.322 e. The molecule has 0 radical (unpaired) electrons. The molecule has 0 heterocycles. The molecule has 46 heavy (non-hydrogen) atoms. The van der Waals surface area contributed by atoms with Crippen LogP contribution in [-0.2, 0) is 19.1 Å². The van der Waals surface area contributed by atoms with E-state index in [1.807, 2.05) is 6.08 Å². The number of hydrogen-bond acceptors (Lipinski definition) is 4. The van der Waals surface area contributed by atoms with Gasteiger partial charge in [0.1, 0.15) is 12.6 Å². The third kappa shape index (κ3) is 33.5. The van der Waals surface area contributed by atoms with Crippen molar-refractivity contribution in [2.45, 2.75) is 142 Å². The van der Waals surface area contributed by atoms with Gasteiger partial charge in [0.25, 0.3) is 0 Å². The fraction of sp³-hybridized carbons (Fsp3) is 0.575. The maximum absolute atomic E-state index is 12.5. The zero-order chi connectivity index (χ0) is 33.8. The molecule has 0 aliphatic rings. The predicted octanol–water partition coefficient (Wildman–Crippen LogP) is 10.4. The number of unbranched alkanes of at least 4 members (excludes halogenated alkanes) is 7. The van der Waals surface area contributed by atoms with Crippen molar-refractivity contribution in [3.8, 4) is 0 Å². The Morgan fingerprint density at radius 3 is 1.70 bits per heavy atom. The lowest BCUT2D eigenvalue weighted by Gasteiger charge is -2.14. The minimum absolute atomic E-state index is 0.136. The highest BCUT2D eigenvalue weighted by atomic mass is 16.5. The van der Waals surface area contributed by atoms with Gasteiger partial charge in [0, 0.05) is 12.8 Å². The summed E-state index contributed by atoms with van der Waals surface area (Å²) in [4.78, 5) is 34.6. The molecule has 0 aliphatic carbocycles. The number of nitrogens with one attached hydrogen (secondary N) is 1. The van der Waals surface area contributed by atoms with Gasteiger partial charge in [0.15, 0.2) is 0 Å². The minimum atomic E-state index is -1.04. The third-order valence-corrected chi connectivity index (χ3v) is 7.04. The van der Waals surface area contributed by atoms with E-state index in [0.29, 0.717) is 12.8 Å². The Bertz CT molecular complexity index is 970. The number of hydrogen-bond donors (Lipinski definition) is 2. The highest BCUT2D eigenvalue weighted by Crippen LogP contribution is 2.14. The van der Waals surface area contributed by atoms with E-state index < -0.39 is 5.97 Å². The summed E-state index contributed by atoms with van der Waals surface area (Å²) in [5.41, 5.74) is 0. The molecule has 1 amide bonds. The molecule has 258 valence electrons. The standard InChI is InChI=1S/C40H63NO5/c1-3-5-7-9-10-11-12-13-14-15-16-17-18-19-20-21-22-23-24-25-31-35-40(45)46-37(32-28-8-6-4-2)33-29-26-27-30-34-38(42)41-36-39(43)44/h5,7,10-11,13-14,16-17,19-20,22-23,28,32,37H,3-4,6,8-9,12,15,18,21,24-27,29-31,33-36H2,1-2H3,(H,41,42)(H,43,44)/b7-5-,11-10-,14-13-,17-16-,20-19-,23-22-,32-28-. The molecule has 0 fully saturated rings. The molecule has 0 aliphatic heterocycles. The Hall–Kier alpha value is -3.41. The quantitative estimate of drug-likeness (QED) is 0.0464. The molecule has 2 N–H and O–H groups in total. The van der Waals surface area contributed by atoms with Crippen LogP contribution in [0.4, 0.5) is 0 Å². The van der Waals surface area contributed by atoms with Crippen LogP contribution < -0.4 is 5.32 Å². The van der Waals surface area contributed by atoms with E-state index in [2.05, 4.69) is 98.2 Å². The molecule has 6 heteroatoms. The molecule has 0 aromatic rings. The number of amides is 1. The fourth-order valence-electron chi connectivity index (χ4n) is 4.41. The normalized spacial score (nSPS) is 13.1. The van der Waals surface area contributed by atoms with E-state index in [1.165, 1.54) is 0 Å². The van der Waals surface area contributed by atoms with Crippen molar-refractivity contribution >= 4 is 17.8 Å². The first-order chi connectivity index (χ1) is 22.5. The Kier molecular flexibility index (Phi) is 31.9. The first-order valence-electron chi connectivity index (χ1n) is 17.7. The Morgan fingerprint density at radius 2 is 1.13 bits per heavy atom. The van der Waals surface area contributed by atoms with E-state index >= 15 is 0 Å². The Labute approximate surface area is 280 Å². The van der Waals surface area contributed by atoms with Gasteiger partial charge in [0.2, 0.25) is 5.91 Å². The number of allylic oxidation sites excluding steroid dienone is 13. The number of esters is 1. The molecule has 0 saturated carbocycles. The first-order valence-corrected chi connectivity index (χ1v) is 17.7. The van der Waals surface area contributed by atoms with Gasteiger partial charge in [0.05, 0.1) is 0 Å². The van der Waals surface area contributed by atoms with Crippen LogP contribution in [0.2, 0.25) is 0 Å². The molecule has 0 aromatic carbocycles. The highest BCUT2D eigenvalue weighted by molar-refractivity contribution is 5.80. The van der Waals surface area contributed by atoms with Crippen molar-refractivity contribution in [1.82, 2.24) is 5.32 Å². The average molecular weight is 638 g/mol. The molecular weight excluding hydrogens is 574 g/mol. The molecular formula is C40H63NO5. The van der Waals surface area contributed by atoms with Crippen molar-refractivity contribution in [2.75, 3.05) is 6.54 Å². The first kappa shape index (κ1) is 42.6. The van der Waals surface area contributed by atoms with Gasteiger partial charge >= 0.3 is 11.9 Å². The van der Waals surface area contributed by atoms with E-state index in [1.54, 1.807) is 0 Å². The van der Waals surface area contributed by atoms with Crippen LogP contribution in [-0.4, -0.2) is 35.6 Å². The number of carboxylic acids is 1. The summed E-state index contributed by atoms with van der Waals surface area (Å²) in [7, 11) is 0. The second-order valence-corrected chi connectivity index (χ2v) is 11.4. The summed E-state index contributed by atoms with van der Waals surface area (Å²) in [6, 6.07) is 0. The molecule has 1 atom stereocenters. The average Bonchev–Trinajstić information content (AvgIpc) is 3.04. The molecule has 0 saturated heterocycles. The topological polar surface area (TPSA) is 92.7 Å². The third-order valence-electron chi connectivity index (χ3n) is 7.04. The summed E-state index contributed by atoms with van der Waals surface area (Å²) in [5, 5.41) is 11.0. The molecule has 6 nitrogen and oxygen atoms in total. The summed E-state index contributed by atoms with van der Waals surface area (Å²) in [5.74, 6) is -1.40. The number of aliphatic carboxylic acids is 1. The van der Waals surface area contributed by atoms with Crippen molar-refractivity contribution in [1.29, 1.82) is 0 Å². The zero-order valence-electron chi connectivity index (χ0n) is 28.9. The SMILES string of the molecule is CC/C=C\C/C=C\C/C=C\C/C=C\C/C=C\C/C=C\CCCCC(=O)OC(/C=C\CCCC)CCCCCCC(=O)NCC(=O)O. The van der Waals surface area contributed by atoms with E-state index in [9.17, 15) is 14.4 Å². The lowest BCUT2D eigenvalue weighted by atomic mass is 10.1. The minimum Gasteiger partial charge on any atom is -0.480 e. The molecule has 0 spiro atoms. The van der Waals surface area contributed by atoms with Crippen molar-refractivity contribution in [3.05, 3.63) is 85.1 Å². The molecule has 0 aromatic heterocycles. The maximum atomic E-state index is 12.5. The van der Waals surface area contributed by atoms with Gasteiger partial charge in [-0.3, -0.25) is 14.4 Å². The summed E-state index contributed by atoms with van der Waals surface area (Å²) < 4.78 is 5.79. The van der Waals surface area contributed by atoms with Crippen molar-refractivity contribution < 1.29 is 24.2 Å². The smallest absolute Gasteiger partial charge is 0.322 e. The zero-order valence-corrected chi connectivity index (χ0v) is 28.9. The summed E-state index contributed by atoms with van der Waals surface area (Å²) in [6.07, 6.45) is 47.4. The van der Waals surface area contributed by atoms with Gasteiger partial charge in [-0.1, -0.05) is 119 Å². The number of carboxylic acid groups (broad SMARTS) is 1. The van der Waals surface area contributed by atoms with Gasteiger partial charge in [-0.15, -0.1) is 0 Å². The van der Waals surface area contributed by atoms with Crippen LogP contribution in [0, 0.1) is 0 Å². The highest BCUT2D eigenvalue weighted by Gasteiger charge is 2.11. The predicted molar refractivity (Wildman–Crippen MR) is 194 cm³/mol. The molecule has 0 bridgehead atoms. The van der Waals surface area contributed by atoms with Gasteiger partial charge in [-0.25, -0.2) is 0 Å². The van der Waals surface area contributed by atoms with Crippen LogP contribution in [0.5, 0.6) is 0 Å². The number of ether oxygens (including phenoxy) is 1. The number of carbonyl (C=O) groups is 3. The van der Waals surface area contributed by atoms with Crippen molar-refractivity contribution in [2.24, 2.45) is 0 Å². The summed E-state index contributed by atoms with van der Waals surface area (Å²) >= 11 is 0. The van der Waals surface area contributed by atoms with Gasteiger partial charge < -0.3 is 15.2 Å². The van der Waals surface area contributed by atoms with Crippen LogP contribution in [0.3, 0.4) is 0 Å². The van der Waals surface area contributed by atoms with E-state index in [0.717, 1.165) is 109 Å². The second kappa shape index (κ2) is 34.5. The number of rotatable bonds is 30. The van der Waals surface area contributed by atoms with E-state index in [-0.39, 0.29) is 24.5 Å². The van der Waals surface area contributed by atoms with Gasteiger partial charge in [-0.05, 0) is 89.5 Å². The van der Waals surface area contributed by atoms with Crippen LogP contribution in [0.15, 0.2) is 85.1 Å². The molecule has 0 rings (SSSR count). The van der Waals surface area contributed by atoms with Crippen molar-refractivity contribution in [3.63, 3.8) is 0 Å². The van der Waals surface area contributed by atoms with Crippen LogP contribution >= 0.6 is 0 Å². The summed E-state index contributed by atoms with van der Waals surface area (Å²) in [6.45, 7) is 3.98. The Morgan fingerprint density at radius 1 is 0.609 bits per heavy atom. The molecule has 1 unspecified atom stereocenters. The van der Waals surface area contributed by atoms with E-state index in [4.69, 9.17) is 9.84 Å². The lowest BCUT2D eigenvalue weighted by molar-refractivity contribution is -0.147. The fourth-order valence-corrected chi connectivity index (χ4v) is 4.41. The monoisotopic (exact) mass is 637 g/mol.